The van der Waals surface area contributed by atoms with Crippen LogP contribution in [-0.4, -0.2) is 58.5 Å². The monoisotopic (exact) mass is 385 g/mol. The summed E-state index contributed by atoms with van der Waals surface area (Å²) < 4.78 is 5.69. The summed E-state index contributed by atoms with van der Waals surface area (Å²) in [6.07, 6.45) is 1.74. The summed E-state index contributed by atoms with van der Waals surface area (Å²) in [5.41, 5.74) is -1.11. The number of nitrogens with zero attached hydrogens (tertiary/aromatic N) is 1. The molecule has 27 heavy (non-hydrogen) atoms. The molecule has 0 aromatic rings. The van der Waals surface area contributed by atoms with Gasteiger partial charge in [-0.2, -0.15) is 0 Å². The van der Waals surface area contributed by atoms with Gasteiger partial charge in [0.25, 0.3) is 0 Å². The summed E-state index contributed by atoms with van der Waals surface area (Å²) in [6.45, 7) is 15.0. The predicted octanol–water partition coefficient (Wildman–Crippen LogP) is 3.47. The van der Waals surface area contributed by atoms with E-state index in [4.69, 9.17) is 4.74 Å². The average molecular weight is 386 g/mol. The van der Waals surface area contributed by atoms with E-state index in [2.05, 4.69) is 32.7 Å². The van der Waals surface area contributed by atoms with E-state index in [-0.39, 0.29) is 12.0 Å². The molecule has 1 saturated heterocycles. The maximum atomic E-state index is 12.6. The van der Waals surface area contributed by atoms with E-state index < -0.39 is 29.7 Å². The van der Waals surface area contributed by atoms with Gasteiger partial charge in [-0.15, -0.1) is 0 Å². The lowest BCUT2D eigenvalue weighted by molar-refractivity contribution is -0.174. The largest absolute Gasteiger partial charge is 0.459 e. The van der Waals surface area contributed by atoms with Gasteiger partial charge in [-0.3, -0.25) is 4.79 Å². The van der Waals surface area contributed by atoms with E-state index >= 15 is 0 Å². The quantitative estimate of drug-likeness (QED) is 0.677. The molecule has 1 rings (SSSR count). The second-order valence-corrected chi connectivity index (χ2v) is 9.62. The fraction of sp³-hybridized carbons (Fsp3) is 0.955. The molecule has 1 aliphatic heterocycles. The number of rotatable bonds is 1. The zero-order valence-electron chi connectivity index (χ0n) is 18.7. The van der Waals surface area contributed by atoms with Crippen molar-refractivity contribution in [2.45, 2.75) is 98.0 Å². The Morgan fingerprint density at radius 2 is 1.74 bits per heavy atom. The van der Waals surface area contributed by atoms with E-state index in [1.807, 2.05) is 13.8 Å². The number of aliphatic hydroxyl groups is 2. The van der Waals surface area contributed by atoms with Crippen LogP contribution in [0.2, 0.25) is 0 Å². The van der Waals surface area contributed by atoms with Crippen LogP contribution in [0, 0.1) is 23.7 Å². The standard InChI is InChI=1S/C22H43NO4/c1-9-19-22(7,26)12-17(5)23(8)13-15(3)10-14(2)11-16(4)20(24)18(6)21(25)27-19/h14-20,24,26H,9-13H2,1-8H3/t14?,15-,16?,17-,18?,19?,20?,22+/m1/s1. The van der Waals surface area contributed by atoms with Crippen LogP contribution in [0.4, 0.5) is 0 Å². The summed E-state index contributed by atoms with van der Waals surface area (Å²) in [5.74, 6) is 0.0209. The Morgan fingerprint density at radius 1 is 1.15 bits per heavy atom. The molecule has 160 valence electrons. The lowest BCUT2D eigenvalue weighted by Gasteiger charge is -2.37. The van der Waals surface area contributed by atoms with Crippen molar-refractivity contribution >= 4 is 5.97 Å². The van der Waals surface area contributed by atoms with Gasteiger partial charge in [0, 0.05) is 12.6 Å². The number of carbonyl (C=O) groups excluding carboxylic acids is 1. The van der Waals surface area contributed by atoms with Crippen molar-refractivity contribution in [1.82, 2.24) is 4.90 Å². The lowest BCUT2D eigenvalue weighted by atomic mass is 9.83. The van der Waals surface area contributed by atoms with Crippen molar-refractivity contribution in [3.8, 4) is 0 Å². The third kappa shape index (κ3) is 7.03. The molecule has 0 aliphatic carbocycles. The highest BCUT2D eigenvalue weighted by molar-refractivity contribution is 5.73. The van der Waals surface area contributed by atoms with Crippen LogP contribution >= 0.6 is 0 Å². The summed E-state index contributed by atoms with van der Waals surface area (Å²) in [4.78, 5) is 14.9. The Hall–Kier alpha value is -0.650. The summed E-state index contributed by atoms with van der Waals surface area (Å²) in [6, 6.07) is 0.178. The highest BCUT2D eigenvalue weighted by Crippen LogP contribution is 2.29. The second-order valence-electron chi connectivity index (χ2n) is 9.62. The minimum atomic E-state index is -1.11. The van der Waals surface area contributed by atoms with E-state index in [0.717, 1.165) is 19.4 Å². The van der Waals surface area contributed by atoms with Crippen molar-refractivity contribution in [1.29, 1.82) is 0 Å². The number of aliphatic hydroxyl groups excluding tert-OH is 1. The maximum absolute atomic E-state index is 12.6. The van der Waals surface area contributed by atoms with Gasteiger partial charge in [-0.25, -0.2) is 0 Å². The smallest absolute Gasteiger partial charge is 0.311 e. The molecule has 0 radical (unpaired) electrons. The average Bonchev–Trinajstić information content (AvgIpc) is 2.55. The number of esters is 1. The molecule has 5 unspecified atom stereocenters. The molecule has 0 saturated carbocycles. The molecule has 5 nitrogen and oxygen atoms in total. The molecule has 1 fully saturated rings. The van der Waals surface area contributed by atoms with E-state index in [1.54, 1.807) is 13.8 Å². The van der Waals surface area contributed by atoms with Gasteiger partial charge >= 0.3 is 5.97 Å². The van der Waals surface area contributed by atoms with Crippen molar-refractivity contribution in [2.24, 2.45) is 23.7 Å². The van der Waals surface area contributed by atoms with E-state index in [9.17, 15) is 15.0 Å². The van der Waals surface area contributed by atoms with E-state index in [0.29, 0.717) is 24.7 Å². The molecule has 0 aromatic carbocycles. The Kier molecular flexibility index (Phi) is 9.23. The number of carbonyl (C=O) groups is 1. The molecule has 2 N–H and O–H groups in total. The highest BCUT2D eigenvalue weighted by Gasteiger charge is 2.38. The first-order valence-corrected chi connectivity index (χ1v) is 10.7. The van der Waals surface area contributed by atoms with Gasteiger partial charge in [0.15, 0.2) is 0 Å². The van der Waals surface area contributed by atoms with Crippen molar-refractivity contribution < 1.29 is 19.7 Å². The molecule has 5 heteroatoms. The van der Waals surface area contributed by atoms with Crippen LogP contribution in [0.25, 0.3) is 0 Å². The van der Waals surface area contributed by atoms with Crippen LogP contribution in [0.3, 0.4) is 0 Å². The maximum Gasteiger partial charge on any atom is 0.311 e. The summed E-state index contributed by atoms with van der Waals surface area (Å²) in [5, 5.41) is 21.7. The van der Waals surface area contributed by atoms with Crippen molar-refractivity contribution in [3.05, 3.63) is 0 Å². The Bertz CT molecular complexity index is 467. The van der Waals surface area contributed by atoms with Crippen molar-refractivity contribution in [2.75, 3.05) is 13.6 Å². The summed E-state index contributed by atoms with van der Waals surface area (Å²) in [7, 11) is 2.10. The van der Waals surface area contributed by atoms with Gasteiger partial charge in [-0.1, -0.05) is 27.7 Å². The van der Waals surface area contributed by atoms with Crippen LogP contribution in [-0.2, 0) is 9.53 Å². The fourth-order valence-electron chi connectivity index (χ4n) is 4.72. The van der Waals surface area contributed by atoms with Gasteiger partial charge in [0.05, 0.1) is 12.0 Å². The Labute approximate surface area is 166 Å². The van der Waals surface area contributed by atoms with Gasteiger partial charge in [-0.05, 0) is 71.3 Å². The first kappa shape index (κ1) is 24.4. The number of hydrogen-bond acceptors (Lipinski definition) is 5. The fourth-order valence-corrected chi connectivity index (χ4v) is 4.72. The Balaban J connectivity index is 3.10. The first-order valence-electron chi connectivity index (χ1n) is 10.7. The van der Waals surface area contributed by atoms with Crippen LogP contribution < -0.4 is 0 Å². The summed E-state index contributed by atoms with van der Waals surface area (Å²) >= 11 is 0. The highest BCUT2D eigenvalue weighted by atomic mass is 16.6. The van der Waals surface area contributed by atoms with Crippen LogP contribution in [0.1, 0.15) is 74.1 Å². The van der Waals surface area contributed by atoms with Gasteiger partial charge in [0.2, 0.25) is 0 Å². The zero-order chi connectivity index (χ0) is 20.9. The van der Waals surface area contributed by atoms with Crippen LogP contribution in [0.15, 0.2) is 0 Å². The molecule has 0 amide bonds. The zero-order valence-corrected chi connectivity index (χ0v) is 18.7. The van der Waals surface area contributed by atoms with Crippen LogP contribution in [0.5, 0.6) is 0 Å². The minimum Gasteiger partial charge on any atom is -0.459 e. The molecular formula is C22H43NO4. The molecule has 1 heterocycles. The SMILES string of the molecule is CCC1OC(=O)C(C)C(O)C(C)CC(C)C[C@@H](C)CN(C)[C@H](C)C[C@]1(C)O. The topological polar surface area (TPSA) is 70.0 Å². The molecule has 0 bridgehead atoms. The molecule has 0 aromatic heterocycles. The predicted molar refractivity (Wildman–Crippen MR) is 109 cm³/mol. The number of cyclic esters (lactones) is 1. The molecular weight excluding hydrogens is 342 g/mol. The molecule has 1 aliphatic rings. The normalized spacial score (nSPS) is 44.2. The number of hydrogen-bond donors (Lipinski definition) is 2. The van der Waals surface area contributed by atoms with Gasteiger partial charge in [0.1, 0.15) is 11.7 Å². The van der Waals surface area contributed by atoms with Gasteiger partial charge < -0.3 is 19.8 Å². The van der Waals surface area contributed by atoms with Crippen molar-refractivity contribution in [3.63, 3.8) is 0 Å². The third-order valence-electron chi connectivity index (χ3n) is 6.43. The Morgan fingerprint density at radius 3 is 2.30 bits per heavy atom. The lowest BCUT2D eigenvalue weighted by Crippen LogP contribution is -2.48. The van der Waals surface area contributed by atoms with E-state index in [1.165, 1.54) is 0 Å². The first-order chi connectivity index (χ1) is 12.4. The number of ether oxygens (including phenoxy) is 1. The minimum absolute atomic E-state index is 0.0251. The third-order valence-corrected chi connectivity index (χ3v) is 6.43. The molecule has 8 atom stereocenters. The molecule has 0 spiro atoms. The second kappa shape index (κ2) is 10.2.